The van der Waals surface area contributed by atoms with E-state index in [1.807, 2.05) is 41.2 Å². The van der Waals surface area contributed by atoms with Gasteiger partial charge < -0.3 is 4.42 Å². The van der Waals surface area contributed by atoms with Crippen molar-refractivity contribution in [3.63, 3.8) is 0 Å². The molecule has 0 N–H and O–H groups in total. The third-order valence-electron chi connectivity index (χ3n) is 7.63. The van der Waals surface area contributed by atoms with Gasteiger partial charge in [0.25, 0.3) is 6.71 Å². The first kappa shape index (κ1) is 24.9. The molecule has 0 aliphatic carbocycles. The summed E-state index contributed by atoms with van der Waals surface area (Å²) in [4.78, 5) is 4.79. The van der Waals surface area contributed by atoms with Gasteiger partial charge in [0.05, 0.1) is 23.1 Å². The Labute approximate surface area is 230 Å². The number of aromatic nitrogens is 3. The topological polar surface area (TPSA) is 43.9 Å². The van der Waals surface area contributed by atoms with Crippen LogP contribution in [0.1, 0.15) is 33.4 Å². The molecule has 0 fully saturated rings. The predicted octanol–water partition coefficient (Wildman–Crippen LogP) is 6.05. The maximum absolute atomic E-state index is 6.63. The highest BCUT2D eigenvalue weighted by atomic mass is 16.3. The van der Waals surface area contributed by atoms with Gasteiger partial charge in [-0.2, -0.15) is 5.10 Å². The largest absolute Gasteiger partial charge is 0.451 e. The molecule has 6 aromatic rings. The van der Waals surface area contributed by atoms with Gasteiger partial charge in [-0.15, -0.1) is 0 Å². The third-order valence-corrected chi connectivity index (χ3v) is 7.63. The number of aryl methyl sites for hydroxylation is 6. The lowest BCUT2D eigenvalue weighted by molar-refractivity contribution is 0.605. The van der Waals surface area contributed by atoms with Crippen molar-refractivity contribution in [3.8, 4) is 17.1 Å². The van der Waals surface area contributed by atoms with Crippen LogP contribution in [0, 0.1) is 41.5 Å². The highest BCUT2D eigenvalue weighted by Crippen LogP contribution is 2.22. The molecule has 5 heteroatoms. The second-order valence-electron chi connectivity index (χ2n) is 10.8. The average molecular weight is 509 g/mol. The van der Waals surface area contributed by atoms with Gasteiger partial charge in [0.1, 0.15) is 0 Å². The SMILES string of the molecule is Cc1cc(C)c(B(c2cnc(-c3cccc(-n4cc5ccccc5n4)c3)o2)c2c(C)cc(C)cc2C)c(C)c1. The molecular formula is C34H32BN3O. The molecule has 39 heavy (non-hydrogen) atoms. The lowest BCUT2D eigenvalue weighted by atomic mass is 9.36. The van der Waals surface area contributed by atoms with Gasteiger partial charge in [-0.1, -0.05) is 92.8 Å². The molecule has 6 rings (SSSR count). The minimum atomic E-state index is -0.0490. The van der Waals surface area contributed by atoms with Crippen molar-refractivity contribution in [1.82, 2.24) is 14.8 Å². The van der Waals surface area contributed by atoms with Gasteiger partial charge in [0.15, 0.2) is 0 Å². The molecule has 0 saturated heterocycles. The summed E-state index contributed by atoms with van der Waals surface area (Å²) in [5.41, 5.74) is 13.9. The Kier molecular flexibility index (Phi) is 6.23. The number of rotatable bonds is 5. The summed E-state index contributed by atoms with van der Waals surface area (Å²) < 4.78 is 8.55. The summed E-state index contributed by atoms with van der Waals surface area (Å²) in [5.74, 6) is 0.610. The maximum atomic E-state index is 6.63. The molecule has 0 spiro atoms. The Morgan fingerprint density at radius 1 is 0.692 bits per heavy atom. The van der Waals surface area contributed by atoms with Crippen molar-refractivity contribution in [2.24, 2.45) is 0 Å². The van der Waals surface area contributed by atoms with Crippen molar-refractivity contribution < 1.29 is 4.42 Å². The van der Waals surface area contributed by atoms with Crippen LogP contribution in [0.25, 0.3) is 28.0 Å². The van der Waals surface area contributed by atoms with Crippen LogP contribution in [0.4, 0.5) is 0 Å². The summed E-state index contributed by atoms with van der Waals surface area (Å²) in [7, 11) is 0. The normalized spacial score (nSPS) is 11.3. The van der Waals surface area contributed by atoms with Crippen LogP contribution in [0.15, 0.2) is 89.6 Å². The molecule has 4 aromatic carbocycles. The van der Waals surface area contributed by atoms with Crippen LogP contribution in [-0.4, -0.2) is 21.5 Å². The first-order chi connectivity index (χ1) is 18.8. The molecule has 0 amide bonds. The second-order valence-corrected chi connectivity index (χ2v) is 10.8. The van der Waals surface area contributed by atoms with E-state index < -0.39 is 0 Å². The van der Waals surface area contributed by atoms with Crippen molar-refractivity contribution in [1.29, 1.82) is 0 Å². The zero-order valence-corrected chi connectivity index (χ0v) is 23.4. The molecule has 0 radical (unpaired) electrons. The van der Waals surface area contributed by atoms with Crippen LogP contribution in [0.2, 0.25) is 0 Å². The number of oxazole rings is 1. The minimum Gasteiger partial charge on any atom is -0.451 e. The van der Waals surface area contributed by atoms with E-state index in [2.05, 4.69) is 90.2 Å². The smallest absolute Gasteiger partial charge is 0.291 e. The molecule has 0 saturated carbocycles. The Balaban J connectivity index is 1.47. The predicted molar refractivity (Wildman–Crippen MR) is 163 cm³/mol. The van der Waals surface area contributed by atoms with Crippen molar-refractivity contribution >= 4 is 34.2 Å². The quantitative estimate of drug-likeness (QED) is 0.266. The molecule has 0 aliphatic rings. The molecular weight excluding hydrogens is 477 g/mol. The molecule has 2 heterocycles. The Morgan fingerprint density at radius 3 is 1.92 bits per heavy atom. The van der Waals surface area contributed by atoms with Gasteiger partial charge in [0, 0.05) is 17.1 Å². The van der Waals surface area contributed by atoms with Crippen molar-refractivity contribution in [2.45, 2.75) is 41.5 Å². The molecule has 0 bridgehead atoms. The monoisotopic (exact) mass is 509 g/mol. The van der Waals surface area contributed by atoms with Crippen LogP contribution in [0.5, 0.6) is 0 Å². The summed E-state index contributed by atoms with van der Waals surface area (Å²) in [6.45, 7) is 13.1. The first-order valence-electron chi connectivity index (χ1n) is 13.4. The van der Waals surface area contributed by atoms with E-state index >= 15 is 0 Å². The number of hydrogen-bond acceptors (Lipinski definition) is 3. The maximum Gasteiger partial charge on any atom is 0.291 e. The van der Waals surface area contributed by atoms with E-state index in [9.17, 15) is 0 Å². The Morgan fingerprint density at radius 2 is 1.31 bits per heavy atom. The number of hydrogen-bond donors (Lipinski definition) is 0. The Hall–Kier alpha value is -4.38. The zero-order chi connectivity index (χ0) is 27.3. The molecule has 0 unspecified atom stereocenters. The van der Waals surface area contributed by atoms with Gasteiger partial charge in [0.2, 0.25) is 5.89 Å². The third kappa shape index (κ3) is 4.59. The number of nitrogens with zero attached hydrogens (tertiary/aromatic N) is 3. The van der Waals surface area contributed by atoms with Crippen LogP contribution in [0.3, 0.4) is 0 Å². The van der Waals surface area contributed by atoms with Crippen LogP contribution in [-0.2, 0) is 0 Å². The molecule has 192 valence electrons. The minimum absolute atomic E-state index is 0.0490. The van der Waals surface area contributed by atoms with E-state index in [1.54, 1.807) is 0 Å². The molecule has 4 nitrogen and oxygen atoms in total. The summed E-state index contributed by atoms with van der Waals surface area (Å²) in [5, 5.41) is 5.86. The highest BCUT2D eigenvalue weighted by molar-refractivity contribution is 6.95. The Bertz CT molecular complexity index is 1710. The van der Waals surface area contributed by atoms with E-state index in [-0.39, 0.29) is 6.71 Å². The lowest BCUT2D eigenvalue weighted by Gasteiger charge is -2.22. The molecule has 0 atom stereocenters. The first-order valence-corrected chi connectivity index (χ1v) is 13.4. The lowest BCUT2D eigenvalue weighted by Crippen LogP contribution is -2.55. The molecule has 2 aromatic heterocycles. The fraction of sp³-hybridized carbons (Fsp3) is 0.176. The molecule has 0 aliphatic heterocycles. The van der Waals surface area contributed by atoms with E-state index in [0.717, 1.165) is 27.8 Å². The number of benzene rings is 4. The van der Waals surface area contributed by atoms with Gasteiger partial charge in [-0.05, 0) is 65.8 Å². The van der Waals surface area contributed by atoms with E-state index in [0.29, 0.717) is 5.89 Å². The summed E-state index contributed by atoms with van der Waals surface area (Å²) in [6.07, 6.45) is 3.96. The van der Waals surface area contributed by atoms with Gasteiger partial charge >= 0.3 is 0 Å². The van der Waals surface area contributed by atoms with Crippen molar-refractivity contribution in [3.05, 3.63) is 119 Å². The summed E-state index contributed by atoms with van der Waals surface area (Å²) >= 11 is 0. The van der Waals surface area contributed by atoms with Crippen LogP contribution < -0.4 is 16.6 Å². The van der Waals surface area contributed by atoms with E-state index in [1.165, 1.54) is 44.3 Å². The second kappa shape index (κ2) is 9.74. The standard InChI is InChI=1S/C34H32BN3O/c1-21-14-23(3)32(24(4)15-21)35(33-25(5)16-22(2)17-26(33)6)31-19-36-34(39-31)27-11-9-12-29(18-27)38-20-28-10-7-8-13-30(28)37-38/h7-20H,1-6H3. The summed E-state index contributed by atoms with van der Waals surface area (Å²) in [6, 6.07) is 25.4. The highest BCUT2D eigenvalue weighted by Gasteiger charge is 2.32. The average Bonchev–Trinajstić information content (AvgIpc) is 3.54. The zero-order valence-electron chi connectivity index (χ0n) is 23.4. The van der Waals surface area contributed by atoms with E-state index in [4.69, 9.17) is 14.5 Å². The van der Waals surface area contributed by atoms with Crippen LogP contribution >= 0.6 is 0 Å². The fourth-order valence-corrected chi connectivity index (χ4v) is 6.15. The number of fused-ring (bicyclic) bond motifs is 1. The van der Waals surface area contributed by atoms with Gasteiger partial charge in [-0.3, -0.25) is 0 Å². The van der Waals surface area contributed by atoms with Gasteiger partial charge in [-0.25, -0.2) is 9.67 Å². The van der Waals surface area contributed by atoms with Crippen molar-refractivity contribution in [2.75, 3.05) is 0 Å². The fourth-order valence-electron chi connectivity index (χ4n) is 6.15.